The molecule has 1 unspecified atom stereocenters. The number of rotatable bonds is 2. The summed E-state index contributed by atoms with van der Waals surface area (Å²) in [7, 11) is 2.09. The molecular weight excluding hydrogens is 236 g/mol. The molecule has 1 aromatic carbocycles. The summed E-state index contributed by atoms with van der Waals surface area (Å²) in [6.45, 7) is 0. The highest BCUT2D eigenvalue weighted by Gasteiger charge is 2.23. The van der Waals surface area contributed by atoms with Crippen molar-refractivity contribution in [2.24, 2.45) is 0 Å². The van der Waals surface area contributed by atoms with Gasteiger partial charge in [-0.05, 0) is 34.6 Å². The largest absolute Gasteiger partial charge is 0.397 e. The number of hydrogen-bond acceptors (Lipinski definition) is 6. The Bertz CT molecular complexity index is 535. The van der Waals surface area contributed by atoms with Gasteiger partial charge in [0, 0.05) is 18.8 Å². The van der Waals surface area contributed by atoms with Gasteiger partial charge in [-0.3, -0.25) is 0 Å². The Morgan fingerprint density at radius 3 is 3.00 bits per heavy atom. The van der Waals surface area contributed by atoms with Gasteiger partial charge in [0.1, 0.15) is 0 Å². The second-order valence-electron chi connectivity index (χ2n) is 4.26. The molecular formula is C11H14N4OS. The zero-order valence-corrected chi connectivity index (χ0v) is 10.4. The molecule has 0 saturated carbocycles. The van der Waals surface area contributed by atoms with Gasteiger partial charge >= 0.3 is 0 Å². The zero-order valence-electron chi connectivity index (χ0n) is 9.59. The Morgan fingerprint density at radius 1 is 1.41 bits per heavy atom. The van der Waals surface area contributed by atoms with Crippen LogP contribution in [0.3, 0.4) is 0 Å². The van der Waals surface area contributed by atoms with Crippen LogP contribution >= 0.6 is 11.8 Å². The van der Waals surface area contributed by atoms with Crippen molar-refractivity contribution in [3.8, 4) is 0 Å². The van der Waals surface area contributed by atoms with E-state index in [1.807, 2.05) is 23.9 Å². The predicted molar refractivity (Wildman–Crippen MR) is 70.3 cm³/mol. The summed E-state index contributed by atoms with van der Waals surface area (Å²) >= 11 is 1.99. The van der Waals surface area contributed by atoms with Crippen LogP contribution in [-0.4, -0.2) is 34.9 Å². The second kappa shape index (κ2) is 4.10. The lowest BCUT2D eigenvalue weighted by Crippen LogP contribution is -2.31. The van der Waals surface area contributed by atoms with Crippen molar-refractivity contribution in [1.29, 1.82) is 0 Å². The summed E-state index contributed by atoms with van der Waals surface area (Å²) in [6.07, 6.45) is 1.21. The Hall–Kier alpha value is -1.43. The summed E-state index contributed by atoms with van der Waals surface area (Å²) in [6, 6.07) is 4.41. The van der Waals surface area contributed by atoms with Gasteiger partial charge in [0.15, 0.2) is 11.0 Å². The summed E-state index contributed by atoms with van der Waals surface area (Å²) in [5.41, 5.74) is 8.90. The maximum absolute atomic E-state index is 5.84. The normalized spacial score (nSPS) is 19.9. The number of fused-ring (bicyclic) bond motifs is 1. The molecule has 5 nitrogen and oxygen atoms in total. The standard InChI is InChI=1S/C11H14N4OS/c1-15(7-4-5-17-6-7)9-3-2-8(12)10-11(9)14-16-13-10/h2-3,7H,4-6,12H2,1H3. The molecule has 0 radical (unpaired) electrons. The smallest absolute Gasteiger partial charge is 0.160 e. The number of aromatic nitrogens is 2. The van der Waals surface area contributed by atoms with Crippen LogP contribution in [0.15, 0.2) is 16.8 Å². The zero-order chi connectivity index (χ0) is 11.8. The molecule has 90 valence electrons. The Balaban J connectivity index is 2.04. The SMILES string of the molecule is CN(c1ccc(N)c2nonc12)C1CCSC1. The lowest BCUT2D eigenvalue weighted by molar-refractivity contribution is 0.315. The van der Waals surface area contributed by atoms with Crippen molar-refractivity contribution < 1.29 is 4.63 Å². The molecule has 0 amide bonds. The number of nitrogen functional groups attached to an aromatic ring is 1. The van der Waals surface area contributed by atoms with Crippen molar-refractivity contribution in [1.82, 2.24) is 10.3 Å². The predicted octanol–water partition coefficient (Wildman–Crippen LogP) is 1.75. The van der Waals surface area contributed by atoms with E-state index in [2.05, 4.69) is 22.3 Å². The Kier molecular flexibility index (Phi) is 2.58. The van der Waals surface area contributed by atoms with E-state index in [0.717, 1.165) is 17.0 Å². The highest BCUT2D eigenvalue weighted by molar-refractivity contribution is 7.99. The molecule has 1 aliphatic rings. The lowest BCUT2D eigenvalue weighted by Gasteiger charge is -2.25. The first-order valence-electron chi connectivity index (χ1n) is 5.58. The first kappa shape index (κ1) is 10.7. The fourth-order valence-corrected chi connectivity index (χ4v) is 3.45. The van der Waals surface area contributed by atoms with Gasteiger partial charge in [-0.1, -0.05) is 0 Å². The number of nitrogens with two attached hydrogens (primary N) is 1. The van der Waals surface area contributed by atoms with Crippen molar-refractivity contribution in [3.63, 3.8) is 0 Å². The van der Waals surface area contributed by atoms with Crippen LogP contribution in [0.4, 0.5) is 11.4 Å². The van der Waals surface area contributed by atoms with Crippen molar-refractivity contribution in [2.75, 3.05) is 29.2 Å². The van der Waals surface area contributed by atoms with E-state index >= 15 is 0 Å². The minimum Gasteiger partial charge on any atom is -0.397 e. The van der Waals surface area contributed by atoms with E-state index < -0.39 is 0 Å². The third-order valence-electron chi connectivity index (χ3n) is 3.26. The van der Waals surface area contributed by atoms with Crippen LogP contribution < -0.4 is 10.6 Å². The third-order valence-corrected chi connectivity index (χ3v) is 4.40. The minimum absolute atomic E-state index is 0.559. The highest BCUT2D eigenvalue weighted by Crippen LogP contribution is 2.31. The number of hydrogen-bond donors (Lipinski definition) is 1. The molecule has 6 heteroatoms. The fourth-order valence-electron chi connectivity index (χ4n) is 2.18. The molecule has 2 aromatic rings. The van der Waals surface area contributed by atoms with Gasteiger partial charge < -0.3 is 10.6 Å². The molecule has 1 aliphatic heterocycles. The van der Waals surface area contributed by atoms with Gasteiger partial charge in [-0.2, -0.15) is 11.8 Å². The van der Waals surface area contributed by atoms with E-state index in [9.17, 15) is 0 Å². The first-order valence-corrected chi connectivity index (χ1v) is 6.74. The molecule has 1 aromatic heterocycles. The topological polar surface area (TPSA) is 68.2 Å². The maximum atomic E-state index is 5.84. The van der Waals surface area contributed by atoms with E-state index in [1.54, 1.807) is 0 Å². The molecule has 3 rings (SSSR count). The van der Waals surface area contributed by atoms with Crippen LogP contribution in [0, 0.1) is 0 Å². The average Bonchev–Trinajstić information content (AvgIpc) is 3.00. The average molecular weight is 250 g/mol. The Morgan fingerprint density at radius 2 is 2.24 bits per heavy atom. The molecule has 0 aliphatic carbocycles. The molecule has 2 heterocycles. The quantitative estimate of drug-likeness (QED) is 0.819. The second-order valence-corrected chi connectivity index (χ2v) is 5.41. The Labute approximate surface area is 103 Å². The van der Waals surface area contributed by atoms with Gasteiger partial charge in [0.05, 0.1) is 11.4 Å². The van der Waals surface area contributed by atoms with Crippen LogP contribution in [0.5, 0.6) is 0 Å². The van der Waals surface area contributed by atoms with Gasteiger partial charge in [-0.15, -0.1) is 0 Å². The van der Waals surface area contributed by atoms with E-state index in [1.165, 1.54) is 12.2 Å². The highest BCUT2D eigenvalue weighted by atomic mass is 32.2. The van der Waals surface area contributed by atoms with Gasteiger partial charge in [-0.25, -0.2) is 4.63 Å². The van der Waals surface area contributed by atoms with Gasteiger partial charge in [0.25, 0.3) is 0 Å². The number of benzene rings is 1. The molecule has 1 saturated heterocycles. The lowest BCUT2D eigenvalue weighted by atomic mass is 10.1. The van der Waals surface area contributed by atoms with E-state index in [4.69, 9.17) is 10.4 Å². The maximum Gasteiger partial charge on any atom is 0.160 e. The number of thioether (sulfide) groups is 1. The van der Waals surface area contributed by atoms with E-state index in [-0.39, 0.29) is 0 Å². The molecule has 2 N–H and O–H groups in total. The van der Waals surface area contributed by atoms with E-state index in [0.29, 0.717) is 17.2 Å². The monoisotopic (exact) mass is 250 g/mol. The summed E-state index contributed by atoms with van der Waals surface area (Å²) in [5, 5.41) is 7.80. The molecule has 17 heavy (non-hydrogen) atoms. The van der Waals surface area contributed by atoms with Crippen molar-refractivity contribution >= 4 is 34.2 Å². The van der Waals surface area contributed by atoms with Crippen molar-refractivity contribution in [3.05, 3.63) is 12.1 Å². The summed E-state index contributed by atoms with van der Waals surface area (Å²) in [4.78, 5) is 2.26. The third kappa shape index (κ3) is 1.72. The molecule has 1 fully saturated rings. The number of anilines is 2. The minimum atomic E-state index is 0.559. The summed E-state index contributed by atoms with van der Waals surface area (Å²) in [5.74, 6) is 2.39. The first-order chi connectivity index (χ1) is 8.27. The van der Waals surface area contributed by atoms with Crippen LogP contribution in [-0.2, 0) is 0 Å². The molecule has 0 spiro atoms. The summed E-state index contributed by atoms with van der Waals surface area (Å²) < 4.78 is 4.79. The van der Waals surface area contributed by atoms with Crippen LogP contribution in [0.2, 0.25) is 0 Å². The molecule has 0 bridgehead atoms. The van der Waals surface area contributed by atoms with Crippen molar-refractivity contribution in [2.45, 2.75) is 12.5 Å². The molecule has 1 atom stereocenters. The van der Waals surface area contributed by atoms with Crippen LogP contribution in [0.25, 0.3) is 11.0 Å². The fraction of sp³-hybridized carbons (Fsp3) is 0.455. The van der Waals surface area contributed by atoms with Crippen LogP contribution in [0.1, 0.15) is 6.42 Å². The van der Waals surface area contributed by atoms with Gasteiger partial charge in [0.2, 0.25) is 0 Å². The number of nitrogens with zero attached hydrogens (tertiary/aromatic N) is 3.